The molecular weight excluding hydrogens is 338 g/mol. The van der Waals surface area contributed by atoms with Crippen LogP contribution in [0.2, 0.25) is 0 Å². The number of carbonyl (C=O) groups excluding carboxylic acids is 1. The highest BCUT2D eigenvalue weighted by atomic mass is 32.1. The van der Waals surface area contributed by atoms with Crippen molar-refractivity contribution in [3.8, 4) is 0 Å². The van der Waals surface area contributed by atoms with Crippen LogP contribution in [0.15, 0.2) is 17.5 Å². The van der Waals surface area contributed by atoms with Crippen molar-refractivity contribution in [2.24, 2.45) is 5.92 Å². The summed E-state index contributed by atoms with van der Waals surface area (Å²) in [5.74, 6) is 1.32. The number of likely N-dealkylation sites (tertiary alicyclic amines) is 1. The standard InChI is InChI=1S/C17H25N5O2S/c1-11(2)22-12(3)18-16(20-22)19-17(24)21-8-6-13(7-9-21)15(23)14-5-4-10-25-14/h4-5,10-11,13,15,23H,6-9H2,1-3H3,(H,19,20,24). The van der Waals surface area contributed by atoms with Crippen LogP contribution >= 0.6 is 11.3 Å². The normalized spacial score (nSPS) is 17.1. The van der Waals surface area contributed by atoms with Gasteiger partial charge >= 0.3 is 6.03 Å². The molecule has 0 aromatic carbocycles. The third-order valence-corrected chi connectivity index (χ3v) is 5.56. The Bertz CT molecular complexity index is 705. The molecule has 8 heteroatoms. The van der Waals surface area contributed by atoms with Crippen LogP contribution in [0.4, 0.5) is 10.7 Å². The van der Waals surface area contributed by atoms with Crippen LogP contribution in [-0.2, 0) is 0 Å². The van der Waals surface area contributed by atoms with Crippen LogP contribution in [0.5, 0.6) is 0 Å². The fourth-order valence-corrected chi connectivity index (χ4v) is 4.03. The zero-order valence-corrected chi connectivity index (χ0v) is 15.7. The number of aryl methyl sites for hydroxylation is 1. The third kappa shape index (κ3) is 4.01. The van der Waals surface area contributed by atoms with E-state index >= 15 is 0 Å². The van der Waals surface area contributed by atoms with Crippen molar-refractivity contribution >= 4 is 23.3 Å². The summed E-state index contributed by atoms with van der Waals surface area (Å²) in [5, 5.41) is 19.5. The van der Waals surface area contributed by atoms with Crippen molar-refractivity contribution in [2.75, 3.05) is 18.4 Å². The number of aliphatic hydroxyl groups is 1. The first-order chi connectivity index (χ1) is 12.0. The predicted molar refractivity (Wildman–Crippen MR) is 97.7 cm³/mol. The minimum atomic E-state index is -0.434. The predicted octanol–water partition coefficient (Wildman–Crippen LogP) is 3.21. The Morgan fingerprint density at radius 3 is 2.68 bits per heavy atom. The Labute approximate surface area is 151 Å². The van der Waals surface area contributed by atoms with Crippen LogP contribution in [-0.4, -0.2) is 43.9 Å². The van der Waals surface area contributed by atoms with E-state index in [2.05, 4.69) is 15.4 Å². The summed E-state index contributed by atoms with van der Waals surface area (Å²) in [7, 11) is 0. The van der Waals surface area contributed by atoms with Gasteiger partial charge < -0.3 is 10.0 Å². The van der Waals surface area contributed by atoms with Crippen molar-refractivity contribution in [2.45, 2.75) is 45.8 Å². The van der Waals surface area contributed by atoms with Gasteiger partial charge in [-0.3, -0.25) is 5.32 Å². The van der Waals surface area contributed by atoms with Crippen molar-refractivity contribution in [3.05, 3.63) is 28.2 Å². The summed E-state index contributed by atoms with van der Waals surface area (Å²) in [6, 6.07) is 3.95. The number of thiophene rings is 1. The number of nitrogens with one attached hydrogen (secondary N) is 1. The van der Waals surface area contributed by atoms with Crippen molar-refractivity contribution < 1.29 is 9.90 Å². The van der Waals surface area contributed by atoms with Crippen LogP contribution in [0, 0.1) is 12.8 Å². The number of hydrogen-bond donors (Lipinski definition) is 2. The van der Waals surface area contributed by atoms with E-state index in [9.17, 15) is 9.90 Å². The van der Waals surface area contributed by atoms with E-state index in [0.29, 0.717) is 19.0 Å². The smallest absolute Gasteiger partial charge is 0.324 e. The lowest BCUT2D eigenvalue weighted by Crippen LogP contribution is -2.42. The maximum Gasteiger partial charge on any atom is 0.324 e. The molecule has 1 unspecified atom stereocenters. The first-order valence-electron chi connectivity index (χ1n) is 8.66. The fourth-order valence-electron chi connectivity index (χ4n) is 3.23. The Morgan fingerprint density at radius 1 is 1.40 bits per heavy atom. The number of piperidine rings is 1. The molecule has 2 amide bonds. The number of amides is 2. The lowest BCUT2D eigenvalue weighted by molar-refractivity contribution is 0.0708. The molecule has 25 heavy (non-hydrogen) atoms. The van der Waals surface area contributed by atoms with E-state index in [0.717, 1.165) is 23.5 Å². The second-order valence-corrected chi connectivity index (χ2v) is 7.72. The zero-order chi connectivity index (χ0) is 18.0. The van der Waals surface area contributed by atoms with Gasteiger partial charge in [0.05, 0.1) is 6.10 Å². The number of urea groups is 1. The average molecular weight is 363 g/mol. The number of anilines is 1. The maximum atomic E-state index is 12.4. The van der Waals surface area contributed by atoms with Crippen LogP contribution in [0.25, 0.3) is 0 Å². The Hall–Kier alpha value is -1.93. The van der Waals surface area contributed by atoms with Gasteiger partial charge in [0.2, 0.25) is 5.95 Å². The summed E-state index contributed by atoms with van der Waals surface area (Å²) in [5.41, 5.74) is 0. The highest BCUT2D eigenvalue weighted by Gasteiger charge is 2.29. The lowest BCUT2D eigenvalue weighted by atomic mass is 9.90. The molecule has 0 radical (unpaired) electrons. The number of nitrogens with zero attached hydrogens (tertiary/aromatic N) is 4. The van der Waals surface area contributed by atoms with Crippen LogP contribution < -0.4 is 5.32 Å². The van der Waals surface area contributed by atoms with E-state index in [4.69, 9.17) is 0 Å². The fraction of sp³-hybridized carbons (Fsp3) is 0.588. The lowest BCUT2D eigenvalue weighted by Gasteiger charge is -2.33. The van der Waals surface area contributed by atoms with Gasteiger partial charge in [0.1, 0.15) is 5.82 Å². The molecule has 136 valence electrons. The Kier molecular flexibility index (Phi) is 5.39. The molecule has 3 heterocycles. The molecule has 1 saturated heterocycles. The number of aromatic nitrogens is 3. The second-order valence-electron chi connectivity index (χ2n) is 6.74. The molecule has 0 bridgehead atoms. The van der Waals surface area contributed by atoms with E-state index < -0.39 is 6.10 Å². The van der Waals surface area contributed by atoms with Gasteiger partial charge in [0.15, 0.2) is 0 Å². The first-order valence-corrected chi connectivity index (χ1v) is 9.54. The molecule has 1 atom stereocenters. The molecule has 7 nitrogen and oxygen atoms in total. The van der Waals surface area contributed by atoms with Gasteiger partial charge in [-0.15, -0.1) is 16.4 Å². The highest BCUT2D eigenvalue weighted by molar-refractivity contribution is 7.10. The minimum Gasteiger partial charge on any atom is -0.387 e. The molecule has 2 aromatic rings. The molecule has 3 rings (SSSR count). The van der Waals surface area contributed by atoms with Crippen LogP contribution in [0.1, 0.15) is 49.5 Å². The summed E-state index contributed by atoms with van der Waals surface area (Å²) in [6.45, 7) is 7.18. The van der Waals surface area contributed by atoms with E-state index in [1.165, 1.54) is 0 Å². The van der Waals surface area contributed by atoms with Crippen molar-refractivity contribution in [1.82, 2.24) is 19.7 Å². The number of carbonyl (C=O) groups is 1. The van der Waals surface area contributed by atoms with Gasteiger partial charge in [0, 0.05) is 24.0 Å². The molecular formula is C17H25N5O2S. The molecule has 2 aromatic heterocycles. The molecule has 0 aliphatic carbocycles. The molecule has 0 saturated carbocycles. The van der Waals surface area contributed by atoms with E-state index in [1.807, 2.05) is 38.3 Å². The van der Waals surface area contributed by atoms with Crippen LogP contribution in [0.3, 0.4) is 0 Å². The van der Waals surface area contributed by atoms with Gasteiger partial charge in [-0.1, -0.05) is 6.07 Å². The quantitative estimate of drug-likeness (QED) is 0.874. The average Bonchev–Trinajstić information content (AvgIpc) is 3.24. The van der Waals surface area contributed by atoms with Gasteiger partial charge in [-0.05, 0) is 51.0 Å². The summed E-state index contributed by atoms with van der Waals surface area (Å²) >= 11 is 1.58. The number of rotatable bonds is 4. The van der Waals surface area contributed by atoms with E-state index in [-0.39, 0.29) is 18.0 Å². The van der Waals surface area contributed by atoms with Gasteiger partial charge in [-0.25, -0.2) is 9.48 Å². The zero-order valence-electron chi connectivity index (χ0n) is 14.8. The molecule has 1 aliphatic rings. The molecule has 2 N–H and O–H groups in total. The first kappa shape index (κ1) is 17.9. The second kappa shape index (κ2) is 7.53. The summed E-state index contributed by atoms with van der Waals surface area (Å²) in [6.07, 6.45) is 1.15. The summed E-state index contributed by atoms with van der Waals surface area (Å²) < 4.78 is 1.79. The third-order valence-electron chi connectivity index (χ3n) is 4.62. The number of hydrogen-bond acceptors (Lipinski definition) is 5. The van der Waals surface area contributed by atoms with Gasteiger partial charge in [0.25, 0.3) is 0 Å². The van der Waals surface area contributed by atoms with Gasteiger partial charge in [-0.2, -0.15) is 4.98 Å². The van der Waals surface area contributed by atoms with Crippen molar-refractivity contribution in [3.63, 3.8) is 0 Å². The Morgan fingerprint density at radius 2 is 2.12 bits per heavy atom. The Balaban J connectivity index is 1.54. The highest BCUT2D eigenvalue weighted by Crippen LogP contribution is 2.33. The molecule has 1 fully saturated rings. The number of aliphatic hydroxyl groups excluding tert-OH is 1. The largest absolute Gasteiger partial charge is 0.387 e. The minimum absolute atomic E-state index is 0.176. The molecule has 1 aliphatic heterocycles. The topological polar surface area (TPSA) is 83.3 Å². The molecule has 0 spiro atoms. The van der Waals surface area contributed by atoms with E-state index in [1.54, 1.807) is 20.9 Å². The van der Waals surface area contributed by atoms with Crippen molar-refractivity contribution in [1.29, 1.82) is 0 Å². The maximum absolute atomic E-state index is 12.4. The summed E-state index contributed by atoms with van der Waals surface area (Å²) in [4.78, 5) is 19.5. The SMILES string of the molecule is Cc1nc(NC(=O)N2CCC(C(O)c3cccs3)CC2)nn1C(C)C. The monoisotopic (exact) mass is 363 g/mol.